The number of nitrogens with two attached hydrogens (primary N) is 1. The Hall–Kier alpha value is -1.85. The van der Waals surface area contributed by atoms with Gasteiger partial charge in [0.25, 0.3) is 0 Å². The van der Waals surface area contributed by atoms with E-state index in [0.717, 1.165) is 23.8 Å². The van der Waals surface area contributed by atoms with Crippen molar-refractivity contribution >= 4 is 5.65 Å². The molecule has 2 aliphatic rings. The summed E-state index contributed by atoms with van der Waals surface area (Å²) in [5.74, 6) is 0.779. The monoisotopic (exact) mass is 269 g/mol. The molecule has 1 aliphatic carbocycles. The molecule has 0 amide bonds. The SMILES string of the molecule is CN(Cc1cn2cc(C3CC3)ccc2n1)N1C=C1CN. The predicted molar refractivity (Wildman–Crippen MR) is 77.6 cm³/mol. The quantitative estimate of drug-likeness (QED) is 0.897. The number of rotatable bonds is 5. The Kier molecular flexibility index (Phi) is 2.58. The minimum atomic E-state index is 0.597. The lowest BCUT2D eigenvalue weighted by Gasteiger charge is -2.18. The molecule has 0 atom stereocenters. The van der Waals surface area contributed by atoms with Crippen molar-refractivity contribution in [2.45, 2.75) is 25.3 Å². The maximum atomic E-state index is 5.61. The van der Waals surface area contributed by atoms with Crippen LogP contribution in [-0.2, 0) is 6.54 Å². The average Bonchev–Trinajstić information content (AvgIpc) is 3.34. The molecule has 0 unspecified atom stereocenters. The van der Waals surface area contributed by atoms with Gasteiger partial charge in [-0.05, 0) is 30.4 Å². The molecule has 2 aromatic rings. The van der Waals surface area contributed by atoms with E-state index in [1.165, 1.54) is 24.1 Å². The number of fused-ring (bicyclic) bond motifs is 1. The van der Waals surface area contributed by atoms with Gasteiger partial charge in [-0.15, -0.1) is 0 Å². The number of imidazole rings is 1. The summed E-state index contributed by atoms with van der Waals surface area (Å²) in [4.78, 5) is 4.67. The molecule has 0 bridgehead atoms. The molecule has 2 N–H and O–H groups in total. The van der Waals surface area contributed by atoms with Crippen LogP contribution >= 0.6 is 0 Å². The molecule has 1 aliphatic heterocycles. The van der Waals surface area contributed by atoms with E-state index in [-0.39, 0.29) is 0 Å². The molecule has 0 spiro atoms. The van der Waals surface area contributed by atoms with Crippen LogP contribution in [0.15, 0.2) is 36.4 Å². The molecule has 4 rings (SSSR count). The fraction of sp³-hybridized carbons (Fsp3) is 0.400. The predicted octanol–water partition coefficient (Wildman–Crippen LogP) is 1.67. The smallest absolute Gasteiger partial charge is 0.137 e. The summed E-state index contributed by atoms with van der Waals surface area (Å²) in [6.07, 6.45) is 9.07. The van der Waals surface area contributed by atoms with E-state index >= 15 is 0 Å². The van der Waals surface area contributed by atoms with Gasteiger partial charge in [0, 0.05) is 32.2 Å². The lowest BCUT2D eigenvalue weighted by Crippen LogP contribution is -2.26. The van der Waals surface area contributed by atoms with E-state index in [2.05, 4.69) is 57.2 Å². The Balaban J connectivity index is 1.52. The zero-order chi connectivity index (χ0) is 13.7. The minimum Gasteiger partial charge on any atom is -0.325 e. The fourth-order valence-corrected chi connectivity index (χ4v) is 2.68. The summed E-state index contributed by atoms with van der Waals surface area (Å²) in [6, 6.07) is 4.34. The second-order valence-corrected chi connectivity index (χ2v) is 5.72. The van der Waals surface area contributed by atoms with E-state index in [1.54, 1.807) is 0 Å². The van der Waals surface area contributed by atoms with Crippen LogP contribution in [0.4, 0.5) is 0 Å². The summed E-state index contributed by atoms with van der Waals surface area (Å²) >= 11 is 0. The lowest BCUT2D eigenvalue weighted by atomic mass is 10.2. The van der Waals surface area contributed by atoms with E-state index in [9.17, 15) is 0 Å². The Morgan fingerprint density at radius 1 is 1.35 bits per heavy atom. The molecule has 3 heterocycles. The van der Waals surface area contributed by atoms with Crippen LogP contribution in [0.5, 0.6) is 0 Å². The third-order valence-corrected chi connectivity index (χ3v) is 4.04. The number of aromatic nitrogens is 2. The van der Waals surface area contributed by atoms with Crippen molar-refractivity contribution in [3.63, 3.8) is 0 Å². The summed E-state index contributed by atoms with van der Waals surface area (Å²) in [6.45, 7) is 1.39. The number of pyridine rings is 1. The van der Waals surface area contributed by atoms with Gasteiger partial charge in [0.2, 0.25) is 0 Å². The van der Waals surface area contributed by atoms with Crippen LogP contribution in [0.25, 0.3) is 5.65 Å². The zero-order valence-electron chi connectivity index (χ0n) is 11.7. The van der Waals surface area contributed by atoms with Crippen molar-refractivity contribution in [2.75, 3.05) is 13.6 Å². The largest absolute Gasteiger partial charge is 0.325 e. The first-order valence-electron chi connectivity index (χ1n) is 7.13. The maximum absolute atomic E-state index is 5.61. The van der Waals surface area contributed by atoms with E-state index in [4.69, 9.17) is 5.73 Å². The van der Waals surface area contributed by atoms with Crippen molar-refractivity contribution in [2.24, 2.45) is 5.73 Å². The van der Waals surface area contributed by atoms with Crippen molar-refractivity contribution in [1.82, 2.24) is 19.4 Å². The van der Waals surface area contributed by atoms with Crippen LogP contribution in [0.2, 0.25) is 0 Å². The first kappa shape index (κ1) is 11.9. The zero-order valence-corrected chi connectivity index (χ0v) is 11.7. The highest BCUT2D eigenvalue weighted by molar-refractivity contribution is 5.42. The fourth-order valence-electron chi connectivity index (χ4n) is 2.68. The van der Waals surface area contributed by atoms with Crippen LogP contribution in [0.3, 0.4) is 0 Å². The Morgan fingerprint density at radius 3 is 2.90 bits per heavy atom. The number of hydrazine groups is 1. The van der Waals surface area contributed by atoms with Crippen LogP contribution in [-0.4, -0.2) is 33.0 Å². The summed E-state index contributed by atoms with van der Waals surface area (Å²) in [7, 11) is 2.05. The van der Waals surface area contributed by atoms with E-state index < -0.39 is 0 Å². The van der Waals surface area contributed by atoms with Gasteiger partial charge in [-0.25, -0.2) is 9.99 Å². The molecule has 104 valence electrons. The molecular weight excluding hydrogens is 250 g/mol. The van der Waals surface area contributed by atoms with E-state index in [0.29, 0.717) is 6.54 Å². The van der Waals surface area contributed by atoms with Gasteiger partial charge in [0.1, 0.15) is 5.65 Å². The number of nitrogens with zero attached hydrogens (tertiary/aromatic N) is 4. The highest BCUT2D eigenvalue weighted by Gasteiger charge is 2.25. The van der Waals surface area contributed by atoms with Crippen LogP contribution in [0, 0.1) is 0 Å². The van der Waals surface area contributed by atoms with Crippen molar-refractivity contribution in [1.29, 1.82) is 0 Å². The molecule has 5 heteroatoms. The van der Waals surface area contributed by atoms with Crippen molar-refractivity contribution in [3.8, 4) is 0 Å². The highest BCUT2D eigenvalue weighted by atomic mass is 15.7. The molecule has 0 saturated heterocycles. The molecule has 1 saturated carbocycles. The van der Waals surface area contributed by atoms with E-state index in [1.807, 2.05) is 0 Å². The van der Waals surface area contributed by atoms with Gasteiger partial charge in [-0.1, -0.05) is 6.07 Å². The molecular formula is C15H19N5. The molecule has 2 aromatic heterocycles. The first-order valence-corrected chi connectivity index (χ1v) is 7.13. The van der Waals surface area contributed by atoms with Gasteiger partial charge in [-0.2, -0.15) is 0 Å². The summed E-state index contributed by atoms with van der Waals surface area (Å²) in [5, 5.41) is 4.21. The van der Waals surface area contributed by atoms with Crippen molar-refractivity contribution in [3.05, 3.63) is 47.7 Å². The van der Waals surface area contributed by atoms with Crippen LogP contribution < -0.4 is 5.73 Å². The lowest BCUT2D eigenvalue weighted by molar-refractivity contribution is 0.125. The average molecular weight is 269 g/mol. The number of hydrogen-bond donors (Lipinski definition) is 1. The molecule has 0 radical (unpaired) electrons. The minimum absolute atomic E-state index is 0.597. The third-order valence-electron chi connectivity index (χ3n) is 4.04. The Morgan fingerprint density at radius 2 is 2.20 bits per heavy atom. The standard InChI is InChI=1S/C15H19N5/c1-18(20-10-14(20)6-16)8-13-9-19-7-12(11-2-3-11)4-5-15(19)17-13/h4-5,7,9-11H,2-3,6,8,16H2,1H3. The maximum Gasteiger partial charge on any atom is 0.137 e. The molecule has 1 fully saturated rings. The summed E-state index contributed by atoms with van der Waals surface area (Å²) in [5.41, 5.74) is 10.3. The topological polar surface area (TPSA) is 49.6 Å². The van der Waals surface area contributed by atoms with Gasteiger partial charge in [0.15, 0.2) is 0 Å². The summed E-state index contributed by atoms with van der Waals surface area (Å²) < 4.78 is 2.15. The second kappa shape index (κ2) is 4.33. The number of hydrogen-bond acceptors (Lipinski definition) is 4. The molecule has 0 aromatic carbocycles. The van der Waals surface area contributed by atoms with Gasteiger partial charge in [-0.3, -0.25) is 5.01 Å². The third kappa shape index (κ3) is 2.09. The van der Waals surface area contributed by atoms with Crippen molar-refractivity contribution < 1.29 is 0 Å². The molecule has 5 nitrogen and oxygen atoms in total. The molecule has 20 heavy (non-hydrogen) atoms. The highest BCUT2D eigenvalue weighted by Crippen LogP contribution is 2.39. The van der Waals surface area contributed by atoms with Gasteiger partial charge >= 0.3 is 0 Å². The normalized spacial score (nSPS) is 17.9. The second-order valence-electron chi connectivity index (χ2n) is 5.72. The Bertz CT molecular complexity index is 683. The first-order chi connectivity index (χ1) is 9.74. The van der Waals surface area contributed by atoms with Gasteiger partial charge < -0.3 is 10.1 Å². The van der Waals surface area contributed by atoms with Crippen LogP contribution in [0.1, 0.15) is 30.0 Å². The van der Waals surface area contributed by atoms with Gasteiger partial charge in [0.05, 0.1) is 17.9 Å². The Labute approximate surface area is 118 Å².